The fraction of sp³-hybridized carbons (Fsp3) is 0.118. The summed E-state index contributed by atoms with van der Waals surface area (Å²) < 4.78 is 1.42. The average molecular weight is 369 g/mol. The van der Waals surface area contributed by atoms with Crippen molar-refractivity contribution in [3.05, 3.63) is 70.7 Å². The number of carbonyl (C=O) groups is 1. The largest absolute Gasteiger partial charge is 0.319 e. The number of carbonyl (C=O) groups excluding carboxylic acids is 1. The van der Waals surface area contributed by atoms with E-state index >= 15 is 0 Å². The van der Waals surface area contributed by atoms with Crippen molar-refractivity contribution < 1.29 is 9.72 Å². The van der Waals surface area contributed by atoms with E-state index in [1.54, 1.807) is 48.4 Å². The molecule has 2 heterocycles. The number of aromatic nitrogens is 3. The second-order valence-corrected chi connectivity index (χ2v) is 6.48. The molecule has 0 aliphatic heterocycles. The fourth-order valence-electron chi connectivity index (χ4n) is 2.22. The van der Waals surface area contributed by atoms with Gasteiger partial charge >= 0.3 is 0 Å². The molecule has 1 N–H and O–H groups in total. The molecule has 3 aromatic rings. The molecule has 0 atom stereocenters. The van der Waals surface area contributed by atoms with Gasteiger partial charge < -0.3 is 5.32 Å². The number of hydrogen-bond acceptors (Lipinski definition) is 6. The van der Waals surface area contributed by atoms with E-state index in [-0.39, 0.29) is 17.3 Å². The smallest absolute Gasteiger partial charge is 0.276 e. The quantitative estimate of drug-likeness (QED) is 0.405. The van der Waals surface area contributed by atoms with E-state index in [1.807, 2.05) is 13.0 Å². The maximum Gasteiger partial charge on any atom is 0.276 e. The van der Waals surface area contributed by atoms with Crippen LogP contribution in [-0.4, -0.2) is 31.3 Å². The Balaban J connectivity index is 1.73. The zero-order valence-electron chi connectivity index (χ0n) is 13.8. The number of non-ortho nitro benzene ring substituents is 1. The second-order valence-electron chi connectivity index (χ2n) is 5.19. The summed E-state index contributed by atoms with van der Waals surface area (Å²) in [6.07, 6.45) is 3.17. The van der Waals surface area contributed by atoms with Crippen LogP contribution in [-0.2, 0) is 0 Å². The van der Waals surface area contributed by atoms with Gasteiger partial charge in [0.1, 0.15) is 0 Å². The van der Waals surface area contributed by atoms with Gasteiger partial charge in [-0.05, 0) is 30.0 Å². The molecule has 0 saturated carbocycles. The van der Waals surface area contributed by atoms with Crippen molar-refractivity contribution in [3.63, 3.8) is 0 Å². The van der Waals surface area contributed by atoms with Crippen LogP contribution in [0.2, 0.25) is 0 Å². The molecule has 0 aliphatic rings. The molecule has 1 aromatic carbocycles. The van der Waals surface area contributed by atoms with Crippen molar-refractivity contribution in [2.75, 3.05) is 11.1 Å². The Morgan fingerprint density at radius 2 is 2.15 bits per heavy atom. The minimum Gasteiger partial charge on any atom is -0.319 e. The van der Waals surface area contributed by atoms with Gasteiger partial charge in [0, 0.05) is 18.3 Å². The molecule has 8 nitrogen and oxygen atoms in total. The highest BCUT2D eigenvalue weighted by Crippen LogP contribution is 2.18. The lowest BCUT2D eigenvalue weighted by atomic mass is 10.3. The fourth-order valence-corrected chi connectivity index (χ4v) is 2.81. The van der Waals surface area contributed by atoms with Gasteiger partial charge in [0.05, 0.1) is 27.5 Å². The summed E-state index contributed by atoms with van der Waals surface area (Å²) in [5, 5.41) is 18.7. The minimum absolute atomic E-state index is 0.0416. The molecule has 0 unspecified atom stereocenters. The van der Waals surface area contributed by atoms with Crippen LogP contribution >= 0.6 is 11.8 Å². The number of nitrogens with one attached hydrogen (secondary N) is 1. The van der Waals surface area contributed by atoms with E-state index in [0.717, 1.165) is 10.8 Å². The highest BCUT2D eigenvalue weighted by Gasteiger charge is 2.12. The number of pyridine rings is 1. The summed E-state index contributed by atoms with van der Waals surface area (Å²) in [7, 11) is 0. The number of nitrogens with zero attached hydrogens (tertiary/aromatic N) is 4. The number of hydrogen-bond donors (Lipinski definition) is 1. The van der Waals surface area contributed by atoms with E-state index < -0.39 is 4.92 Å². The van der Waals surface area contributed by atoms with Gasteiger partial charge in [-0.2, -0.15) is 5.10 Å². The minimum atomic E-state index is -0.478. The number of amides is 1. The third-order valence-electron chi connectivity index (χ3n) is 3.41. The molecule has 0 radical (unpaired) electrons. The molecule has 0 saturated heterocycles. The van der Waals surface area contributed by atoms with Crippen LogP contribution in [0.1, 0.15) is 17.4 Å². The van der Waals surface area contributed by atoms with Crippen molar-refractivity contribution in [2.24, 2.45) is 0 Å². The first-order valence-corrected chi connectivity index (χ1v) is 8.76. The summed E-state index contributed by atoms with van der Waals surface area (Å²) in [5.74, 6) is 0.542. The Kier molecular flexibility index (Phi) is 5.28. The maximum atomic E-state index is 12.3. The SMILES string of the molecule is CCSc1ccc(NC(=O)c2ccn(-c3cccc([N+](=O)[O-])c3)n2)cn1. The Hall–Kier alpha value is -3.20. The summed E-state index contributed by atoms with van der Waals surface area (Å²) in [4.78, 5) is 27.0. The van der Waals surface area contributed by atoms with Gasteiger partial charge in [-0.25, -0.2) is 9.67 Å². The molecule has 1 amide bonds. The molecule has 3 rings (SSSR count). The molecule has 0 fully saturated rings. The Labute approximate surface area is 153 Å². The van der Waals surface area contributed by atoms with Crippen LogP contribution in [0.25, 0.3) is 5.69 Å². The van der Waals surface area contributed by atoms with Crippen molar-refractivity contribution in [1.29, 1.82) is 0 Å². The highest BCUT2D eigenvalue weighted by atomic mass is 32.2. The van der Waals surface area contributed by atoms with Gasteiger partial charge in [-0.1, -0.05) is 13.0 Å². The van der Waals surface area contributed by atoms with Crippen LogP contribution in [0, 0.1) is 10.1 Å². The predicted octanol–water partition coefficient (Wildman–Crippen LogP) is 3.54. The third-order valence-corrected chi connectivity index (χ3v) is 4.24. The number of nitro benzene ring substituents is 1. The summed E-state index contributed by atoms with van der Waals surface area (Å²) in [6, 6.07) is 11.2. The van der Waals surface area contributed by atoms with Crippen molar-refractivity contribution >= 4 is 29.0 Å². The second kappa shape index (κ2) is 7.79. The van der Waals surface area contributed by atoms with E-state index in [1.165, 1.54) is 16.8 Å². The van der Waals surface area contributed by atoms with Gasteiger partial charge in [-0.3, -0.25) is 14.9 Å². The molecule has 26 heavy (non-hydrogen) atoms. The van der Waals surface area contributed by atoms with Gasteiger partial charge in [-0.15, -0.1) is 11.8 Å². The van der Waals surface area contributed by atoms with Gasteiger partial charge in [0.25, 0.3) is 11.6 Å². The maximum absolute atomic E-state index is 12.3. The molecule has 132 valence electrons. The standard InChI is InChI=1S/C17H15N5O3S/c1-2-26-16-7-6-12(11-18-16)19-17(23)15-8-9-21(20-15)13-4-3-5-14(10-13)22(24)25/h3-11H,2H2,1H3,(H,19,23). The third kappa shape index (κ3) is 4.06. The van der Waals surface area contributed by atoms with E-state index in [4.69, 9.17) is 0 Å². The number of benzene rings is 1. The first kappa shape index (κ1) is 17.6. The molecule has 0 spiro atoms. The zero-order valence-corrected chi connectivity index (χ0v) is 14.6. The number of nitro groups is 1. The van der Waals surface area contributed by atoms with Crippen LogP contribution < -0.4 is 5.32 Å². The molecular formula is C17H15N5O3S. The molecular weight excluding hydrogens is 354 g/mol. The van der Waals surface area contributed by atoms with Gasteiger partial charge in [0.2, 0.25) is 0 Å². The summed E-state index contributed by atoms with van der Waals surface area (Å²) in [5.41, 5.74) is 1.23. The predicted molar refractivity (Wildman–Crippen MR) is 98.8 cm³/mol. The highest BCUT2D eigenvalue weighted by molar-refractivity contribution is 7.99. The van der Waals surface area contributed by atoms with Crippen molar-refractivity contribution in [3.8, 4) is 5.69 Å². The number of anilines is 1. The lowest BCUT2D eigenvalue weighted by Gasteiger charge is -2.04. The Morgan fingerprint density at radius 3 is 2.85 bits per heavy atom. The summed E-state index contributed by atoms with van der Waals surface area (Å²) in [6.45, 7) is 2.04. The molecule has 2 aromatic heterocycles. The topological polar surface area (TPSA) is 103 Å². The van der Waals surface area contributed by atoms with Crippen LogP contribution in [0.3, 0.4) is 0 Å². The van der Waals surface area contributed by atoms with Crippen LogP contribution in [0.4, 0.5) is 11.4 Å². The van der Waals surface area contributed by atoms with E-state index in [0.29, 0.717) is 11.4 Å². The Bertz CT molecular complexity index is 940. The number of thioether (sulfide) groups is 1. The first-order valence-electron chi connectivity index (χ1n) is 7.77. The lowest BCUT2D eigenvalue weighted by Crippen LogP contribution is -2.13. The average Bonchev–Trinajstić information content (AvgIpc) is 3.14. The van der Waals surface area contributed by atoms with Gasteiger partial charge in [0.15, 0.2) is 5.69 Å². The molecule has 0 aliphatic carbocycles. The molecule has 9 heteroatoms. The van der Waals surface area contributed by atoms with Crippen molar-refractivity contribution in [1.82, 2.24) is 14.8 Å². The lowest BCUT2D eigenvalue weighted by molar-refractivity contribution is -0.384. The summed E-state index contributed by atoms with van der Waals surface area (Å²) >= 11 is 1.62. The van der Waals surface area contributed by atoms with Crippen LogP contribution in [0.5, 0.6) is 0 Å². The van der Waals surface area contributed by atoms with Crippen LogP contribution in [0.15, 0.2) is 59.9 Å². The van der Waals surface area contributed by atoms with E-state index in [2.05, 4.69) is 15.4 Å². The monoisotopic (exact) mass is 369 g/mol. The van der Waals surface area contributed by atoms with E-state index in [9.17, 15) is 14.9 Å². The molecule has 0 bridgehead atoms. The zero-order chi connectivity index (χ0) is 18.5. The number of rotatable bonds is 6. The normalized spacial score (nSPS) is 10.5. The first-order chi connectivity index (χ1) is 12.6. The van der Waals surface area contributed by atoms with Crippen molar-refractivity contribution in [2.45, 2.75) is 11.9 Å². The Morgan fingerprint density at radius 1 is 1.31 bits per heavy atom.